The summed E-state index contributed by atoms with van der Waals surface area (Å²) >= 11 is 0. The van der Waals surface area contributed by atoms with Gasteiger partial charge in [0.25, 0.3) is 0 Å². The Bertz CT molecular complexity index is 533. The van der Waals surface area contributed by atoms with Crippen molar-refractivity contribution in [2.45, 2.75) is 24.3 Å². The van der Waals surface area contributed by atoms with Gasteiger partial charge in [-0.2, -0.15) is 4.31 Å². The molecule has 0 amide bonds. The van der Waals surface area contributed by atoms with Crippen LogP contribution in [0, 0.1) is 11.7 Å². The van der Waals surface area contributed by atoms with E-state index in [0.717, 1.165) is 18.5 Å². The van der Waals surface area contributed by atoms with Crippen LogP contribution in [0.25, 0.3) is 0 Å². The van der Waals surface area contributed by atoms with Crippen molar-refractivity contribution < 1.29 is 17.9 Å². The minimum Gasteiger partial charge on any atom is -0.393 e. The first-order chi connectivity index (χ1) is 8.41. The fraction of sp³-hybridized carbons (Fsp3) is 0.545. The second-order valence-corrected chi connectivity index (χ2v) is 6.43. The van der Waals surface area contributed by atoms with Crippen molar-refractivity contribution in [3.8, 4) is 0 Å². The third kappa shape index (κ3) is 2.52. The van der Waals surface area contributed by atoms with Gasteiger partial charge in [0.05, 0.1) is 12.3 Å². The minimum atomic E-state index is -3.71. The molecule has 2 atom stereocenters. The fourth-order valence-electron chi connectivity index (χ4n) is 2.05. The molecule has 0 aliphatic carbocycles. The molecule has 1 aliphatic rings. The second kappa shape index (κ2) is 4.91. The molecule has 1 saturated heterocycles. The number of sulfonamides is 1. The van der Waals surface area contributed by atoms with Gasteiger partial charge in [0, 0.05) is 19.3 Å². The largest absolute Gasteiger partial charge is 0.393 e. The van der Waals surface area contributed by atoms with Gasteiger partial charge in [-0.25, -0.2) is 12.8 Å². The zero-order valence-electron chi connectivity index (χ0n) is 9.95. The van der Waals surface area contributed by atoms with Crippen LogP contribution in [0.4, 0.5) is 4.39 Å². The molecule has 2 rings (SSSR count). The maximum absolute atomic E-state index is 13.0. The van der Waals surface area contributed by atoms with Crippen LogP contribution >= 0.6 is 0 Å². The van der Waals surface area contributed by atoms with E-state index in [0.29, 0.717) is 13.0 Å². The van der Waals surface area contributed by atoms with E-state index in [-0.39, 0.29) is 17.4 Å². The Morgan fingerprint density at radius 2 is 2.28 bits per heavy atom. The Morgan fingerprint density at radius 3 is 2.83 bits per heavy atom. The van der Waals surface area contributed by atoms with Crippen LogP contribution in [-0.2, 0) is 10.0 Å². The molecule has 18 heavy (non-hydrogen) atoms. The summed E-state index contributed by atoms with van der Waals surface area (Å²) in [6.45, 7) is 2.25. The lowest BCUT2D eigenvalue weighted by molar-refractivity contribution is 0.133. The van der Waals surface area contributed by atoms with Crippen molar-refractivity contribution in [2.24, 2.45) is 5.92 Å². The van der Waals surface area contributed by atoms with E-state index in [2.05, 4.69) is 4.98 Å². The standard InChI is InChI=1S/C11H15FN2O3S/c1-8(15)9-2-3-14(7-9)18(16,17)11-4-10(12)5-13-6-11/h4-6,8-9,15H,2-3,7H2,1H3. The predicted molar refractivity (Wildman–Crippen MR) is 62.7 cm³/mol. The smallest absolute Gasteiger partial charge is 0.244 e. The lowest BCUT2D eigenvalue weighted by atomic mass is 10.0. The number of pyridine rings is 1. The molecule has 0 spiro atoms. The topological polar surface area (TPSA) is 70.5 Å². The first-order valence-electron chi connectivity index (χ1n) is 5.70. The molecule has 0 radical (unpaired) electrons. The molecule has 1 fully saturated rings. The van der Waals surface area contributed by atoms with E-state index in [1.165, 1.54) is 4.31 Å². The number of aromatic nitrogens is 1. The zero-order valence-corrected chi connectivity index (χ0v) is 10.8. The van der Waals surface area contributed by atoms with E-state index in [9.17, 15) is 17.9 Å². The number of hydrogen-bond acceptors (Lipinski definition) is 4. The average Bonchev–Trinajstić information content (AvgIpc) is 2.79. The highest BCUT2D eigenvalue weighted by Crippen LogP contribution is 2.25. The molecule has 1 N–H and O–H groups in total. The SMILES string of the molecule is CC(O)C1CCN(S(=O)(=O)c2cncc(F)c2)C1. The number of halogens is 1. The summed E-state index contributed by atoms with van der Waals surface area (Å²) in [4.78, 5) is 3.40. The van der Waals surface area contributed by atoms with Gasteiger partial charge in [-0.3, -0.25) is 4.98 Å². The highest BCUT2D eigenvalue weighted by molar-refractivity contribution is 7.89. The van der Waals surface area contributed by atoms with Crippen molar-refractivity contribution in [3.63, 3.8) is 0 Å². The summed E-state index contributed by atoms with van der Waals surface area (Å²) in [7, 11) is -3.71. The van der Waals surface area contributed by atoms with Gasteiger partial charge in [-0.05, 0) is 25.3 Å². The minimum absolute atomic E-state index is 0.0682. The average molecular weight is 274 g/mol. The number of nitrogens with zero attached hydrogens (tertiary/aromatic N) is 2. The molecular formula is C11H15FN2O3S. The van der Waals surface area contributed by atoms with Crippen molar-refractivity contribution in [1.29, 1.82) is 0 Å². The third-order valence-corrected chi connectivity index (χ3v) is 5.02. The Balaban J connectivity index is 2.23. The van der Waals surface area contributed by atoms with E-state index < -0.39 is 21.9 Å². The van der Waals surface area contributed by atoms with E-state index >= 15 is 0 Å². The van der Waals surface area contributed by atoms with Gasteiger partial charge in [0.1, 0.15) is 10.7 Å². The van der Waals surface area contributed by atoms with Crippen molar-refractivity contribution in [2.75, 3.05) is 13.1 Å². The highest BCUT2D eigenvalue weighted by Gasteiger charge is 2.34. The van der Waals surface area contributed by atoms with Crippen molar-refractivity contribution in [1.82, 2.24) is 9.29 Å². The quantitative estimate of drug-likeness (QED) is 0.877. The Labute approximate surface area is 105 Å². The van der Waals surface area contributed by atoms with Crippen LogP contribution < -0.4 is 0 Å². The van der Waals surface area contributed by atoms with Crippen LogP contribution in [-0.4, -0.2) is 42.0 Å². The van der Waals surface area contributed by atoms with Crippen LogP contribution in [0.5, 0.6) is 0 Å². The van der Waals surface area contributed by atoms with Gasteiger partial charge in [-0.15, -0.1) is 0 Å². The van der Waals surface area contributed by atoms with Crippen LogP contribution in [0.1, 0.15) is 13.3 Å². The summed E-state index contributed by atoms with van der Waals surface area (Å²) in [6, 6.07) is 0.956. The Hall–Kier alpha value is -1.05. The first-order valence-corrected chi connectivity index (χ1v) is 7.14. The summed E-state index contributed by atoms with van der Waals surface area (Å²) in [5.74, 6) is -0.747. The normalized spacial score (nSPS) is 23.2. The Kier molecular flexibility index (Phi) is 3.65. The zero-order chi connectivity index (χ0) is 13.3. The molecule has 1 aromatic rings. The molecule has 0 aromatic carbocycles. The predicted octanol–water partition coefficient (Wildman–Crippen LogP) is 0.612. The maximum Gasteiger partial charge on any atom is 0.244 e. The van der Waals surface area contributed by atoms with Gasteiger partial charge < -0.3 is 5.11 Å². The molecule has 0 saturated carbocycles. The molecule has 2 unspecified atom stereocenters. The summed E-state index contributed by atoms with van der Waals surface area (Å²) < 4.78 is 38.7. The molecule has 2 heterocycles. The van der Waals surface area contributed by atoms with E-state index in [1.54, 1.807) is 6.92 Å². The molecule has 100 valence electrons. The summed E-state index contributed by atoms with van der Waals surface area (Å²) in [6.07, 6.45) is 2.16. The third-order valence-electron chi connectivity index (χ3n) is 3.19. The molecule has 1 aliphatic heterocycles. The fourth-order valence-corrected chi connectivity index (χ4v) is 3.54. The van der Waals surface area contributed by atoms with E-state index in [1.807, 2.05) is 0 Å². The van der Waals surface area contributed by atoms with Crippen molar-refractivity contribution >= 4 is 10.0 Å². The van der Waals surface area contributed by atoms with E-state index in [4.69, 9.17) is 0 Å². The maximum atomic E-state index is 13.0. The Morgan fingerprint density at radius 1 is 1.56 bits per heavy atom. The first kappa shape index (κ1) is 13.4. The number of hydrogen-bond donors (Lipinski definition) is 1. The monoisotopic (exact) mass is 274 g/mol. The summed E-state index contributed by atoms with van der Waals surface area (Å²) in [5, 5.41) is 9.46. The van der Waals surface area contributed by atoms with Crippen LogP contribution in [0.15, 0.2) is 23.4 Å². The number of aliphatic hydroxyl groups is 1. The lowest BCUT2D eigenvalue weighted by Gasteiger charge is -2.17. The molecule has 7 heteroatoms. The molecule has 1 aromatic heterocycles. The molecule has 5 nitrogen and oxygen atoms in total. The van der Waals surface area contributed by atoms with Crippen LogP contribution in [0.3, 0.4) is 0 Å². The number of rotatable bonds is 3. The molecular weight excluding hydrogens is 259 g/mol. The highest BCUT2D eigenvalue weighted by atomic mass is 32.2. The van der Waals surface area contributed by atoms with Gasteiger partial charge in [0.2, 0.25) is 10.0 Å². The summed E-state index contributed by atoms with van der Waals surface area (Å²) in [5.41, 5.74) is 0. The van der Waals surface area contributed by atoms with Crippen LogP contribution in [0.2, 0.25) is 0 Å². The molecule has 0 bridgehead atoms. The number of aliphatic hydroxyl groups excluding tert-OH is 1. The second-order valence-electron chi connectivity index (χ2n) is 4.49. The van der Waals surface area contributed by atoms with Gasteiger partial charge in [0.15, 0.2) is 0 Å². The van der Waals surface area contributed by atoms with Gasteiger partial charge >= 0.3 is 0 Å². The van der Waals surface area contributed by atoms with Crippen molar-refractivity contribution in [3.05, 3.63) is 24.3 Å². The van der Waals surface area contributed by atoms with Gasteiger partial charge in [-0.1, -0.05) is 0 Å². The lowest BCUT2D eigenvalue weighted by Crippen LogP contribution is -2.30.